The standard InChI is InChI=1S/C13H23N5/c1-16-8-10-17(6-2-4-14)12-13-18(11-9-16)7-3-5-15/h2-3,6-13H2,1H3. The quantitative estimate of drug-likeness (QED) is 0.720. The third-order valence-corrected chi connectivity index (χ3v) is 3.41. The van der Waals surface area contributed by atoms with E-state index in [2.05, 4.69) is 33.9 Å². The van der Waals surface area contributed by atoms with Crippen LogP contribution >= 0.6 is 0 Å². The lowest BCUT2D eigenvalue weighted by Crippen LogP contribution is -2.36. The molecule has 18 heavy (non-hydrogen) atoms. The normalized spacial score (nSPS) is 20.4. The summed E-state index contributed by atoms with van der Waals surface area (Å²) in [5.41, 5.74) is 0. The Bertz CT molecular complexity index is 273. The van der Waals surface area contributed by atoms with Gasteiger partial charge in [-0.2, -0.15) is 10.5 Å². The highest BCUT2D eigenvalue weighted by molar-refractivity contribution is 4.77. The van der Waals surface area contributed by atoms with Crippen LogP contribution in [0.3, 0.4) is 0 Å². The zero-order chi connectivity index (χ0) is 13.2. The summed E-state index contributed by atoms with van der Waals surface area (Å²) in [6.45, 7) is 7.89. The fourth-order valence-electron chi connectivity index (χ4n) is 2.11. The monoisotopic (exact) mass is 249 g/mol. The average Bonchev–Trinajstić information content (AvgIpc) is 2.46. The molecular weight excluding hydrogens is 226 g/mol. The summed E-state index contributed by atoms with van der Waals surface area (Å²) in [7, 11) is 2.14. The Hall–Kier alpha value is -1.14. The second-order valence-electron chi connectivity index (χ2n) is 4.80. The molecule has 0 radical (unpaired) electrons. The summed E-state index contributed by atoms with van der Waals surface area (Å²) in [6, 6.07) is 4.42. The number of nitrogens with zero attached hydrogens (tertiary/aromatic N) is 5. The molecule has 100 valence electrons. The number of likely N-dealkylation sites (N-methyl/N-ethyl adjacent to an activating group) is 1. The Morgan fingerprint density at radius 1 is 0.778 bits per heavy atom. The van der Waals surface area contributed by atoms with Crippen LogP contribution in [0.2, 0.25) is 0 Å². The first kappa shape index (κ1) is 14.9. The van der Waals surface area contributed by atoms with E-state index in [0.717, 1.165) is 52.4 Å². The van der Waals surface area contributed by atoms with Gasteiger partial charge >= 0.3 is 0 Å². The highest BCUT2D eigenvalue weighted by Gasteiger charge is 2.13. The van der Waals surface area contributed by atoms with E-state index in [1.54, 1.807) is 0 Å². The predicted octanol–water partition coefficient (Wildman–Crippen LogP) is 0.363. The molecule has 0 bridgehead atoms. The van der Waals surface area contributed by atoms with Gasteiger partial charge in [0.25, 0.3) is 0 Å². The summed E-state index contributed by atoms with van der Waals surface area (Å²) < 4.78 is 0. The summed E-state index contributed by atoms with van der Waals surface area (Å²) in [4.78, 5) is 7.03. The highest BCUT2D eigenvalue weighted by Crippen LogP contribution is 2.00. The third-order valence-electron chi connectivity index (χ3n) is 3.41. The number of hydrogen-bond donors (Lipinski definition) is 0. The Balaban J connectivity index is 2.46. The van der Waals surface area contributed by atoms with Crippen molar-refractivity contribution in [3.05, 3.63) is 0 Å². The first-order valence-corrected chi connectivity index (χ1v) is 6.63. The third kappa shape index (κ3) is 5.97. The smallest absolute Gasteiger partial charge is 0.0635 e. The number of nitriles is 2. The van der Waals surface area contributed by atoms with Gasteiger partial charge in [-0.25, -0.2) is 0 Å². The van der Waals surface area contributed by atoms with E-state index in [1.807, 2.05) is 0 Å². The largest absolute Gasteiger partial charge is 0.304 e. The summed E-state index contributed by atoms with van der Waals surface area (Å²) in [5.74, 6) is 0. The minimum Gasteiger partial charge on any atom is -0.304 e. The molecular formula is C13H23N5. The summed E-state index contributed by atoms with van der Waals surface area (Å²) in [6.07, 6.45) is 1.20. The lowest BCUT2D eigenvalue weighted by Gasteiger charge is -2.24. The maximum atomic E-state index is 8.66. The van der Waals surface area contributed by atoms with Gasteiger partial charge in [0.1, 0.15) is 0 Å². The maximum Gasteiger partial charge on any atom is 0.0635 e. The molecule has 1 aliphatic rings. The van der Waals surface area contributed by atoms with E-state index in [1.165, 1.54) is 0 Å². The van der Waals surface area contributed by atoms with Crippen LogP contribution in [0.25, 0.3) is 0 Å². The van der Waals surface area contributed by atoms with Crippen molar-refractivity contribution < 1.29 is 0 Å². The van der Waals surface area contributed by atoms with Crippen LogP contribution in [0, 0.1) is 22.7 Å². The van der Waals surface area contributed by atoms with Crippen molar-refractivity contribution in [2.75, 3.05) is 59.4 Å². The van der Waals surface area contributed by atoms with Gasteiger partial charge in [-0.3, -0.25) is 9.80 Å². The van der Waals surface area contributed by atoms with Crippen molar-refractivity contribution >= 4 is 0 Å². The maximum absolute atomic E-state index is 8.66. The molecule has 0 aromatic rings. The van der Waals surface area contributed by atoms with Gasteiger partial charge in [-0.15, -0.1) is 0 Å². The van der Waals surface area contributed by atoms with E-state index >= 15 is 0 Å². The van der Waals surface area contributed by atoms with E-state index in [0.29, 0.717) is 12.8 Å². The average molecular weight is 249 g/mol. The van der Waals surface area contributed by atoms with Gasteiger partial charge in [0.2, 0.25) is 0 Å². The SMILES string of the molecule is CN1CCN(CCC#N)CCN(CCC#N)CC1. The number of rotatable bonds is 4. The lowest BCUT2D eigenvalue weighted by molar-refractivity contribution is 0.224. The summed E-state index contributed by atoms with van der Waals surface area (Å²) in [5, 5.41) is 17.3. The van der Waals surface area contributed by atoms with Crippen LogP contribution in [-0.2, 0) is 0 Å². The zero-order valence-corrected chi connectivity index (χ0v) is 11.3. The van der Waals surface area contributed by atoms with Crippen LogP contribution in [0.5, 0.6) is 0 Å². The molecule has 0 aromatic carbocycles. The Kier molecular flexibility index (Phi) is 7.36. The van der Waals surface area contributed by atoms with E-state index in [4.69, 9.17) is 10.5 Å². The van der Waals surface area contributed by atoms with E-state index in [-0.39, 0.29) is 0 Å². The molecule has 5 nitrogen and oxygen atoms in total. The minimum atomic E-state index is 0.599. The Labute approximate surface area is 110 Å². The predicted molar refractivity (Wildman–Crippen MR) is 70.8 cm³/mol. The Morgan fingerprint density at radius 2 is 1.17 bits per heavy atom. The molecule has 1 aliphatic heterocycles. The molecule has 0 atom stereocenters. The highest BCUT2D eigenvalue weighted by atomic mass is 15.2. The fourth-order valence-corrected chi connectivity index (χ4v) is 2.11. The van der Waals surface area contributed by atoms with Gasteiger partial charge in [0.15, 0.2) is 0 Å². The molecule has 0 N–H and O–H groups in total. The second-order valence-corrected chi connectivity index (χ2v) is 4.80. The fraction of sp³-hybridized carbons (Fsp3) is 0.846. The van der Waals surface area contributed by atoms with Crippen molar-refractivity contribution in [3.8, 4) is 12.1 Å². The Morgan fingerprint density at radius 3 is 1.56 bits per heavy atom. The number of hydrogen-bond acceptors (Lipinski definition) is 5. The molecule has 0 aliphatic carbocycles. The summed E-state index contributed by atoms with van der Waals surface area (Å²) >= 11 is 0. The molecule has 5 heteroatoms. The van der Waals surface area contributed by atoms with Crippen LogP contribution in [0.4, 0.5) is 0 Å². The van der Waals surface area contributed by atoms with Crippen LogP contribution in [0.15, 0.2) is 0 Å². The molecule has 0 spiro atoms. The molecule has 1 fully saturated rings. The van der Waals surface area contributed by atoms with Gasteiger partial charge in [0, 0.05) is 65.2 Å². The molecule has 0 saturated carbocycles. The molecule has 1 heterocycles. The van der Waals surface area contributed by atoms with Gasteiger partial charge in [-0.05, 0) is 7.05 Å². The molecule has 0 aromatic heterocycles. The van der Waals surface area contributed by atoms with Gasteiger partial charge in [0.05, 0.1) is 12.1 Å². The zero-order valence-electron chi connectivity index (χ0n) is 11.3. The van der Waals surface area contributed by atoms with Crippen molar-refractivity contribution in [2.45, 2.75) is 12.8 Å². The lowest BCUT2D eigenvalue weighted by atomic mass is 10.3. The second kappa shape index (κ2) is 8.88. The molecule has 1 saturated heterocycles. The molecule has 1 rings (SSSR count). The van der Waals surface area contributed by atoms with Crippen LogP contribution < -0.4 is 0 Å². The first-order valence-electron chi connectivity index (χ1n) is 6.63. The van der Waals surface area contributed by atoms with E-state index in [9.17, 15) is 0 Å². The first-order chi connectivity index (χ1) is 8.76. The van der Waals surface area contributed by atoms with E-state index < -0.39 is 0 Å². The molecule has 0 unspecified atom stereocenters. The van der Waals surface area contributed by atoms with Crippen molar-refractivity contribution in [2.24, 2.45) is 0 Å². The minimum absolute atomic E-state index is 0.599. The van der Waals surface area contributed by atoms with Gasteiger partial charge in [-0.1, -0.05) is 0 Å². The van der Waals surface area contributed by atoms with Crippen molar-refractivity contribution in [1.29, 1.82) is 10.5 Å². The van der Waals surface area contributed by atoms with Crippen LogP contribution in [0.1, 0.15) is 12.8 Å². The van der Waals surface area contributed by atoms with Crippen LogP contribution in [-0.4, -0.2) is 74.1 Å². The topological polar surface area (TPSA) is 57.3 Å². The van der Waals surface area contributed by atoms with Gasteiger partial charge < -0.3 is 4.90 Å². The van der Waals surface area contributed by atoms with Crippen molar-refractivity contribution in [1.82, 2.24) is 14.7 Å². The van der Waals surface area contributed by atoms with Crippen molar-refractivity contribution in [3.63, 3.8) is 0 Å². The molecule has 0 amide bonds.